The van der Waals surface area contributed by atoms with Gasteiger partial charge in [-0.2, -0.15) is 10.4 Å². The van der Waals surface area contributed by atoms with Crippen LogP contribution < -0.4 is 0 Å². The van der Waals surface area contributed by atoms with Gasteiger partial charge < -0.3 is 0 Å². The Labute approximate surface area is 117 Å². The molecule has 2 N–H and O–H groups in total. The van der Waals surface area contributed by atoms with Crippen molar-refractivity contribution in [2.24, 2.45) is 0 Å². The molecule has 0 spiro atoms. The van der Waals surface area contributed by atoms with Crippen LogP contribution in [-0.4, -0.2) is 50.6 Å². The van der Waals surface area contributed by atoms with Crippen molar-refractivity contribution < 1.29 is 0 Å². The van der Waals surface area contributed by atoms with Crippen LogP contribution >= 0.6 is 0 Å². The van der Waals surface area contributed by atoms with Crippen LogP contribution in [-0.2, 0) is 12.8 Å². The van der Waals surface area contributed by atoms with Gasteiger partial charge in [0.1, 0.15) is 11.3 Å². The Kier molecular flexibility index (Phi) is 2.63. The number of tetrazole rings is 2. The number of hydrogen-bond acceptors (Lipinski definition) is 7. The molecule has 0 aromatic carbocycles. The van der Waals surface area contributed by atoms with Gasteiger partial charge in [0.05, 0.1) is 6.20 Å². The third-order valence-corrected chi connectivity index (χ3v) is 3.20. The lowest BCUT2D eigenvalue weighted by atomic mass is 10.1. The molecule has 0 atom stereocenters. The molecular weight excluding hydrogens is 272 g/mol. The summed E-state index contributed by atoms with van der Waals surface area (Å²) in [5, 5.41) is 27.9. The van der Waals surface area contributed by atoms with Gasteiger partial charge >= 0.3 is 0 Å². The first kappa shape index (κ1) is 11.6. The average molecular weight is 282 g/mol. The zero-order valence-electron chi connectivity index (χ0n) is 10.8. The number of aromatic nitrogens is 10. The quantitative estimate of drug-likeness (QED) is 0.531. The highest BCUT2D eigenvalue weighted by molar-refractivity contribution is 5.59. The lowest BCUT2D eigenvalue weighted by Gasteiger charge is -2.03. The van der Waals surface area contributed by atoms with Gasteiger partial charge in [-0.25, -0.2) is 4.98 Å². The summed E-state index contributed by atoms with van der Waals surface area (Å²) in [5.74, 6) is 1.19. The van der Waals surface area contributed by atoms with Gasteiger partial charge in [-0.1, -0.05) is 11.3 Å². The number of aryl methyl sites for hydroxylation is 2. The Morgan fingerprint density at radius 2 is 1.95 bits per heavy atom. The largest absolute Gasteiger partial charge is 0.297 e. The van der Waals surface area contributed by atoms with Crippen LogP contribution in [0.1, 0.15) is 11.4 Å². The van der Waals surface area contributed by atoms with Crippen molar-refractivity contribution in [2.75, 3.05) is 0 Å². The summed E-state index contributed by atoms with van der Waals surface area (Å²) in [5.41, 5.74) is 2.75. The van der Waals surface area contributed by atoms with Crippen molar-refractivity contribution in [3.63, 3.8) is 0 Å². The predicted octanol–water partition coefficient (Wildman–Crippen LogP) is -0.187. The molecule has 4 aromatic rings. The van der Waals surface area contributed by atoms with Gasteiger partial charge in [-0.3, -0.25) is 4.40 Å². The van der Waals surface area contributed by atoms with Crippen LogP contribution in [0.2, 0.25) is 0 Å². The summed E-state index contributed by atoms with van der Waals surface area (Å²) in [6.07, 6.45) is 5.12. The van der Waals surface area contributed by atoms with Crippen LogP contribution in [0.25, 0.3) is 17.2 Å². The van der Waals surface area contributed by atoms with Crippen molar-refractivity contribution in [2.45, 2.75) is 12.8 Å². The van der Waals surface area contributed by atoms with Gasteiger partial charge in [-0.05, 0) is 23.3 Å². The van der Waals surface area contributed by atoms with Crippen molar-refractivity contribution in [1.82, 2.24) is 50.6 Å². The Hall–Kier alpha value is -3.17. The van der Waals surface area contributed by atoms with E-state index < -0.39 is 0 Å². The van der Waals surface area contributed by atoms with Gasteiger partial charge in [0, 0.05) is 12.6 Å². The maximum Gasteiger partial charge on any atom is 0.222 e. The number of nitrogens with zero attached hydrogens (tertiary/aromatic N) is 8. The van der Waals surface area contributed by atoms with Crippen LogP contribution in [0.5, 0.6) is 0 Å². The van der Waals surface area contributed by atoms with Crippen molar-refractivity contribution in [1.29, 1.82) is 0 Å². The summed E-state index contributed by atoms with van der Waals surface area (Å²) in [7, 11) is 0. The van der Waals surface area contributed by atoms with E-state index in [1.807, 2.05) is 22.7 Å². The highest BCUT2D eigenvalue weighted by atomic mass is 15.5. The third kappa shape index (κ3) is 2.02. The second-order valence-corrected chi connectivity index (χ2v) is 4.43. The van der Waals surface area contributed by atoms with E-state index in [2.05, 4.69) is 46.2 Å². The van der Waals surface area contributed by atoms with Crippen LogP contribution in [0.3, 0.4) is 0 Å². The fourth-order valence-electron chi connectivity index (χ4n) is 2.23. The molecule has 4 rings (SSSR count). The van der Waals surface area contributed by atoms with Gasteiger partial charge in [0.15, 0.2) is 5.82 Å². The number of rotatable bonds is 4. The first-order valence-corrected chi connectivity index (χ1v) is 6.33. The SMILES string of the molecule is c1cc(CCc2nn[nH]n2)c2ncc(-c3nn[nH]n3)n2c1. The molecule has 0 saturated heterocycles. The number of aromatic amines is 2. The summed E-state index contributed by atoms with van der Waals surface area (Å²) >= 11 is 0. The smallest absolute Gasteiger partial charge is 0.222 e. The average Bonchev–Trinajstić information content (AvgIpc) is 3.24. The highest BCUT2D eigenvalue weighted by Gasteiger charge is 2.12. The zero-order valence-corrected chi connectivity index (χ0v) is 10.8. The Morgan fingerprint density at radius 3 is 2.76 bits per heavy atom. The monoisotopic (exact) mass is 282 g/mol. The van der Waals surface area contributed by atoms with Gasteiger partial charge in [-0.15, -0.1) is 20.4 Å². The van der Waals surface area contributed by atoms with Crippen molar-refractivity contribution >= 4 is 5.65 Å². The molecule has 0 bridgehead atoms. The van der Waals surface area contributed by atoms with E-state index in [1.54, 1.807) is 6.20 Å². The van der Waals surface area contributed by atoms with Crippen LogP contribution in [0.15, 0.2) is 24.5 Å². The molecule has 0 aliphatic carbocycles. The number of pyridine rings is 1. The molecular formula is C11H10N10. The molecule has 0 unspecified atom stereocenters. The molecule has 0 aliphatic rings. The Morgan fingerprint density at radius 1 is 1.05 bits per heavy atom. The van der Waals surface area contributed by atoms with E-state index in [1.165, 1.54) is 0 Å². The van der Waals surface area contributed by atoms with Crippen molar-refractivity contribution in [3.05, 3.63) is 35.9 Å². The summed E-state index contributed by atoms with van der Waals surface area (Å²) in [6.45, 7) is 0. The molecule has 4 heterocycles. The Bertz CT molecular complexity index is 845. The fourth-order valence-corrected chi connectivity index (χ4v) is 2.23. The number of fused-ring (bicyclic) bond motifs is 1. The topological polar surface area (TPSA) is 126 Å². The minimum absolute atomic E-state index is 0.512. The molecule has 0 aliphatic heterocycles. The van der Waals surface area contributed by atoms with E-state index in [-0.39, 0.29) is 0 Å². The maximum absolute atomic E-state index is 4.45. The maximum atomic E-state index is 4.45. The van der Waals surface area contributed by atoms with E-state index in [9.17, 15) is 0 Å². The number of nitrogens with one attached hydrogen (secondary N) is 2. The molecule has 4 aromatic heterocycles. The molecule has 0 amide bonds. The molecule has 0 saturated carbocycles. The summed E-state index contributed by atoms with van der Waals surface area (Å²) < 4.78 is 1.94. The lowest BCUT2D eigenvalue weighted by molar-refractivity contribution is 0.862. The number of H-pyrrole nitrogens is 2. The summed E-state index contributed by atoms with van der Waals surface area (Å²) in [6, 6.07) is 3.99. The van der Waals surface area contributed by atoms with E-state index >= 15 is 0 Å². The van der Waals surface area contributed by atoms with Crippen molar-refractivity contribution in [3.8, 4) is 11.5 Å². The molecule has 21 heavy (non-hydrogen) atoms. The minimum Gasteiger partial charge on any atom is -0.297 e. The van der Waals surface area contributed by atoms with E-state index in [4.69, 9.17) is 0 Å². The first-order valence-electron chi connectivity index (χ1n) is 6.33. The molecule has 0 radical (unpaired) electrons. The standard InChI is InChI=1S/C11H10N10/c1-2-7(3-4-9-13-17-18-14-9)11-12-6-8(21(11)5-1)10-15-19-20-16-10/h1-2,5-6H,3-4H2,(H,13,14,17,18)(H,15,16,19,20). The molecule has 10 heteroatoms. The normalized spacial score (nSPS) is 11.2. The van der Waals surface area contributed by atoms with E-state index in [0.29, 0.717) is 18.1 Å². The molecule has 0 fully saturated rings. The molecule has 104 valence electrons. The van der Waals surface area contributed by atoms with Gasteiger partial charge in [0.2, 0.25) is 5.82 Å². The second-order valence-electron chi connectivity index (χ2n) is 4.43. The zero-order chi connectivity index (χ0) is 14.1. The number of imidazole rings is 1. The second kappa shape index (κ2) is 4.74. The number of hydrogen-bond donors (Lipinski definition) is 2. The Balaban J connectivity index is 1.70. The first-order chi connectivity index (χ1) is 10.4. The lowest BCUT2D eigenvalue weighted by Crippen LogP contribution is -1.98. The minimum atomic E-state index is 0.512. The van der Waals surface area contributed by atoms with Crippen LogP contribution in [0.4, 0.5) is 0 Å². The summed E-state index contributed by atoms with van der Waals surface area (Å²) in [4.78, 5) is 4.45. The van der Waals surface area contributed by atoms with Gasteiger partial charge in [0.25, 0.3) is 0 Å². The van der Waals surface area contributed by atoms with E-state index in [0.717, 1.165) is 23.3 Å². The highest BCUT2D eigenvalue weighted by Crippen LogP contribution is 2.19. The molecule has 10 nitrogen and oxygen atoms in total. The predicted molar refractivity (Wildman–Crippen MR) is 69.9 cm³/mol. The third-order valence-electron chi connectivity index (χ3n) is 3.20. The van der Waals surface area contributed by atoms with Crippen LogP contribution in [0, 0.1) is 0 Å². The fraction of sp³-hybridized carbons (Fsp3) is 0.182.